The number of carbonyl (C=O) groups is 2. The summed E-state index contributed by atoms with van der Waals surface area (Å²) in [7, 11) is 0. The third-order valence-corrected chi connectivity index (χ3v) is 4.10. The Morgan fingerprint density at radius 2 is 2.00 bits per heavy atom. The van der Waals surface area contributed by atoms with Crippen LogP contribution in [0.15, 0.2) is 40.8 Å². The maximum absolute atomic E-state index is 14.5. The van der Waals surface area contributed by atoms with Gasteiger partial charge in [-0.05, 0) is 49.2 Å². The average Bonchev–Trinajstić information content (AvgIpc) is 3.05. The third kappa shape index (κ3) is 5.86. The second-order valence-corrected chi connectivity index (χ2v) is 6.41. The molecule has 9 heteroatoms. The van der Waals surface area contributed by atoms with Gasteiger partial charge in [-0.25, -0.2) is 14.2 Å². The average molecular weight is 423 g/mol. The van der Waals surface area contributed by atoms with Gasteiger partial charge in [0.1, 0.15) is 11.3 Å². The summed E-state index contributed by atoms with van der Waals surface area (Å²) < 4.78 is 20.1. The summed E-state index contributed by atoms with van der Waals surface area (Å²) in [6.07, 6.45) is 0.555. The van der Waals surface area contributed by atoms with Crippen LogP contribution in [-0.2, 0) is 4.79 Å². The number of oxazole rings is 1. The van der Waals surface area contributed by atoms with Crippen molar-refractivity contribution in [2.24, 2.45) is 0 Å². The Balaban J connectivity index is 0.00000300. The smallest absolute Gasteiger partial charge is 0.548 e. The summed E-state index contributed by atoms with van der Waals surface area (Å²) in [4.78, 5) is 28.4. The molecule has 0 spiro atoms. The number of aryl methyl sites for hydroxylation is 1. The number of urea groups is 1. The number of halogens is 1. The van der Waals surface area contributed by atoms with E-state index in [9.17, 15) is 19.1 Å². The number of carboxylic acid groups (broad SMARTS) is 1. The number of amides is 2. The molecule has 1 heterocycles. The normalized spacial score (nSPS) is 10.4. The number of carbonyl (C=O) groups excluding carboxylic acids is 2. The zero-order valence-corrected chi connectivity index (χ0v) is 19.6. The maximum atomic E-state index is 14.5. The zero-order chi connectivity index (χ0) is 20.3. The van der Waals surface area contributed by atoms with Gasteiger partial charge in [-0.15, -0.1) is 0 Å². The van der Waals surface area contributed by atoms with Crippen molar-refractivity contribution in [3.63, 3.8) is 0 Å². The molecule has 0 aliphatic carbocycles. The molecule has 0 saturated carbocycles. The number of carboxylic acids is 1. The van der Waals surface area contributed by atoms with Gasteiger partial charge in [0.2, 0.25) is 5.89 Å². The molecule has 146 valence electrons. The number of fused-ring (bicyclic) bond motifs is 1. The minimum Gasteiger partial charge on any atom is -0.548 e. The SMILES string of the molecule is CCCN(CC(=O)[O-])C(=O)Nc1ccc(-c2nc3cc(C)ccc3o2)cc1F.[K+]. The minimum atomic E-state index is -1.38. The van der Waals surface area contributed by atoms with Crippen molar-refractivity contribution in [1.82, 2.24) is 9.88 Å². The van der Waals surface area contributed by atoms with Crippen LogP contribution in [0.2, 0.25) is 0 Å². The summed E-state index contributed by atoms with van der Waals surface area (Å²) in [6, 6.07) is 9.00. The van der Waals surface area contributed by atoms with Gasteiger partial charge in [0.05, 0.1) is 18.2 Å². The Morgan fingerprint density at radius 3 is 2.66 bits per heavy atom. The van der Waals surface area contributed by atoms with Gasteiger partial charge in [0.25, 0.3) is 0 Å². The van der Waals surface area contributed by atoms with Crippen LogP contribution in [0, 0.1) is 12.7 Å². The van der Waals surface area contributed by atoms with Crippen LogP contribution in [0.5, 0.6) is 0 Å². The molecule has 3 rings (SSSR count). The molecule has 29 heavy (non-hydrogen) atoms. The number of hydrogen-bond acceptors (Lipinski definition) is 5. The molecule has 0 bridgehead atoms. The second kappa shape index (κ2) is 10.3. The third-order valence-electron chi connectivity index (χ3n) is 4.10. The summed E-state index contributed by atoms with van der Waals surface area (Å²) >= 11 is 0. The van der Waals surface area contributed by atoms with E-state index in [1.807, 2.05) is 19.1 Å². The van der Waals surface area contributed by atoms with Crippen LogP contribution < -0.4 is 61.8 Å². The van der Waals surface area contributed by atoms with Crippen molar-refractivity contribution in [3.8, 4) is 11.5 Å². The number of rotatable bonds is 6. The van der Waals surface area contributed by atoms with Crippen LogP contribution in [0.25, 0.3) is 22.6 Å². The van der Waals surface area contributed by atoms with Crippen LogP contribution in [0.3, 0.4) is 0 Å². The molecule has 0 unspecified atom stereocenters. The van der Waals surface area contributed by atoms with E-state index in [0.29, 0.717) is 23.1 Å². The molecule has 0 saturated heterocycles. The fourth-order valence-electron chi connectivity index (χ4n) is 2.78. The van der Waals surface area contributed by atoms with Gasteiger partial charge >= 0.3 is 57.4 Å². The standard InChI is InChI=1S/C20H20FN3O4.K/c1-3-8-24(11-18(25)26)20(27)23-15-6-5-13(10-14(15)21)19-22-16-9-12(2)4-7-17(16)28-19;/h4-7,9-10H,3,8,11H2,1-2H3,(H,23,27)(H,25,26);/q;+1/p-1. The molecule has 0 atom stereocenters. The predicted octanol–water partition coefficient (Wildman–Crippen LogP) is -0.0599. The Hall–Kier alpha value is -1.78. The van der Waals surface area contributed by atoms with Crippen molar-refractivity contribution in [3.05, 3.63) is 47.8 Å². The van der Waals surface area contributed by atoms with Gasteiger partial charge in [0, 0.05) is 12.1 Å². The summed E-state index contributed by atoms with van der Waals surface area (Å²) in [5.74, 6) is -1.80. The Bertz CT molecular complexity index is 1040. The maximum Gasteiger partial charge on any atom is 1.00 e. The molecule has 2 amide bonds. The van der Waals surface area contributed by atoms with Crippen molar-refractivity contribution < 1.29 is 74.9 Å². The van der Waals surface area contributed by atoms with Gasteiger partial charge < -0.3 is 24.5 Å². The molecule has 0 fully saturated rings. The first-order valence-electron chi connectivity index (χ1n) is 8.80. The van der Waals surface area contributed by atoms with Crippen molar-refractivity contribution in [1.29, 1.82) is 0 Å². The van der Waals surface area contributed by atoms with Gasteiger partial charge in [-0.2, -0.15) is 0 Å². The molecule has 1 aromatic heterocycles. The van der Waals surface area contributed by atoms with E-state index >= 15 is 0 Å². The minimum absolute atomic E-state index is 0. The second-order valence-electron chi connectivity index (χ2n) is 6.41. The first-order chi connectivity index (χ1) is 13.4. The van der Waals surface area contributed by atoms with Gasteiger partial charge in [-0.3, -0.25) is 0 Å². The largest absolute Gasteiger partial charge is 1.00 e. The molecule has 7 nitrogen and oxygen atoms in total. The fraction of sp³-hybridized carbons (Fsp3) is 0.250. The summed E-state index contributed by atoms with van der Waals surface area (Å²) in [6.45, 7) is 3.38. The van der Waals surface area contributed by atoms with E-state index in [0.717, 1.165) is 10.5 Å². The van der Waals surface area contributed by atoms with Crippen molar-refractivity contribution >= 4 is 28.8 Å². The number of benzene rings is 2. The van der Waals surface area contributed by atoms with Crippen LogP contribution >= 0.6 is 0 Å². The molecular weight excluding hydrogens is 404 g/mol. The van der Waals surface area contributed by atoms with E-state index in [-0.39, 0.29) is 69.5 Å². The first-order valence-corrected chi connectivity index (χ1v) is 8.80. The monoisotopic (exact) mass is 423 g/mol. The Kier molecular flexibility index (Phi) is 8.35. The fourth-order valence-corrected chi connectivity index (χ4v) is 2.78. The van der Waals surface area contributed by atoms with E-state index in [2.05, 4.69) is 10.3 Å². The van der Waals surface area contributed by atoms with Crippen LogP contribution in [0.4, 0.5) is 14.9 Å². The number of nitrogens with zero attached hydrogens (tertiary/aromatic N) is 2. The summed E-state index contributed by atoms with van der Waals surface area (Å²) in [5.41, 5.74) is 2.65. The van der Waals surface area contributed by atoms with Crippen LogP contribution in [-0.4, -0.2) is 35.0 Å². The molecule has 0 radical (unpaired) electrons. The molecule has 2 aromatic carbocycles. The molecule has 0 aliphatic heterocycles. The summed E-state index contributed by atoms with van der Waals surface area (Å²) in [5, 5.41) is 13.2. The number of aliphatic carboxylic acids is 1. The van der Waals surface area contributed by atoms with Crippen molar-refractivity contribution in [2.45, 2.75) is 20.3 Å². The molecular formula is C20H19FKN3O4. The number of hydrogen-bond donors (Lipinski definition) is 1. The van der Waals surface area contributed by atoms with Crippen LogP contribution in [0.1, 0.15) is 18.9 Å². The van der Waals surface area contributed by atoms with E-state index < -0.39 is 24.4 Å². The molecule has 3 aromatic rings. The predicted molar refractivity (Wildman–Crippen MR) is 100 cm³/mol. The Morgan fingerprint density at radius 1 is 1.24 bits per heavy atom. The Labute approximate surface area is 209 Å². The number of aromatic nitrogens is 1. The van der Waals surface area contributed by atoms with E-state index in [1.165, 1.54) is 12.1 Å². The van der Waals surface area contributed by atoms with Gasteiger partial charge in [-0.1, -0.05) is 13.0 Å². The van der Waals surface area contributed by atoms with Gasteiger partial charge in [0.15, 0.2) is 5.58 Å². The zero-order valence-electron chi connectivity index (χ0n) is 16.5. The quantitative estimate of drug-likeness (QED) is 0.560. The molecule has 1 N–H and O–H groups in total. The van der Waals surface area contributed by atoms with E-state index in [1.54, 1.807) is 19.1 Å². The first kappa shape index (κ1) is 23.5. The topological polar surface area (TPSA) is 98.5 Å². The van der Waals surface area contributed by atoms with E-state index in [4.69, 9.17) is 4.42 Å². The van der Waals surface area contributed by atoms with Crippen molar-refractivity contribution in [2.75, 3.05) is 18.4 Å². The number of nitrogens with one attached hydrogen (secondary N) is 1. The molecule has 0 aliphatic rings. The number of anilines is 1.